The van der Waals surface area contributed by atoms with E-state index in [0.717, 1.165) is 16.7 Å². The molecular formula is C20H17NO6S. The normalized spacial score (nSPS) is 15.1. The highest BCUT2D eigenvalue weighted by molar-refractivity contribution is 8.18. The number of hydrogen-bond donors (Lipinski definition) is 1. The van der Waals surface area contributed by atoms with E-state index < -0.39 is 18.5 Å². The van der Waals surface area contributed by atoms with Gasteiger partial charge in [0.2, 0.25) is 0 Å². The summed E-state index contributed by atoms with van der Waals surface area (Å²) in [5.41, 5.74) is 0.523. The molecule has 7 nitrogen and oxygen atoms in total. The van der Waals surface area contributed by atoms with E-state index in [9.17, 15) is 14.4 Å². The number of benzene rings is 2. The van der Waals surface area contributed by atoms with Crippen LogP contribution in [0.5, 0.6) is 11.5 Å². The second-order valence-electron chi connectivity index (χ2n) is 5.72. The summed E-state index contributed by atoms with van der Waals surface area (Å²) in [6.07, 6.45) is 1.53. The zero-order chi connectivity index (χ0) is 19.9. The van der Waals surface area contributed by atoms with Crippen LogP contribution in [0.3, 0.4) is 0 Å². The number of rotatable bonds is 8. The maximum absolute atomic E-state index is 12.6. The number of carboxylic acids is 1. The monoisotopic (exact) mass is 399 g/mol. The maximum Gasteiger partial charge on any atom is 0.341 e. The highest BCUT2D eigenvalue weighted by Crippen LogP contribution is 2.33. The number of para-hydroxylation sites is 2. The molecule has 1 saturated heterocycles. The van der Waals surface area contributed by atoms with Gasteiger partial charge in [-0.2, -0.15) is 0 Å². The maximum atomic E-state index is 12.6. The molecule has 144 valence electrons. The molecular weight excluding hydrogens is 382 g/mol. The summed E-state index contributed by atoms with van der Waals surface area (Å²) < 4.78 is 10.8. The van der Waals surface area contributed by atoms with Crippen molar-refractivity contribution in [2.75, 3.05) is 19.8 Å². The van der Waals surface area contributed by atoms with Crippen LogP contribution in [0.4, 0.5) is 4.79 Å². The number of carboxylic acid groups (broad SMARTS) is 1. The van der Waals surface area contributed by atoms with E-state index in [0.29, 0.717) is 17.1 Å². The summed E-state index contributed by atoms with van der Waals surface area (Å²) in [7, 11) is 0. The quantitative estimate of drug-likeness (QED) is 0.681. The average Bonchev–Trinajstić information content (AvgIpc) is 2.95. The topological polar surface area (TPSA) is 93.1 Å². The molecule has 0 aromatic heterocycles. The van der Waals surface area contributed by atoms with E-state index in [1.54, 1.807) is 36.4 Å². The fraction of sp³-hybridized carbons (Fsp3) is 0.150. The Morgan fingerprint density at radius 3 is 2.50 bits per heavy atom. The number of ether oxygens (including phenoxy) is 2. The first-order chi connectivity index (χ1) is 13.5. The molecule has 8 heteroatoms. The molecule has 1 N–H and O–H groups in total. The zero-order valence-electron chi connectivity index (χ0n) is 14.7. The fourth-order valence-electron chi connectivity index (χ4n) is 2.48. The number of aliphatic carboxylic acids is 1. The molecule has 28 heavy (non-hydrogen) atoms. The third-order valence-corrected chi connectivity index (χ3v) is 4.66. The molecule has 3 rings (SSSR count). The van der Waals surface area contributed by atoms with Gasteiger partial charge in [0, 0.05) is 5.56 Å². The van der Waals surface area contributed by atoms with E-state index >= 15 is 0 Å². The van der Waals surface area contributed by atoms with Crippen LogP contribution in [-0.2, 0) is 9.59 Å². The highest BCUT2D eigenvalue weighted by atomic mass is 32.2. The van der Waals surface area contributed by atoms with Gasteiger partial charge in [-0.3, -0.25) is 14.5 Å². The standard InChI is InChI=1S/C20H17NO6S/c22-18(23)13-27-16-9-5-4-6-14(16)12-17-19(24)21(20(25)28-17)10-11-26-15-7-2-1-3-8-15/h1-9,12H,10-11,13H2,(H,22,23)/b17-12-. The molecule has 0 spiro atoms. The lowest BCUT2D eigenvalue weighted by Gasteiger charge is -2.13. The van der Waals surface area contributed by atoms with Gasteiger partial charge in [-0.25, -0.2) is 4.79 Å². The number of imide groups is 1. The molecule has 1 fully saturated rings. The van der Waals surface area contributed by atoms with Crippen LogP contribution >= 0.6 is 11.8 Å². The minimum Gasteiger partial charge on any atom is -0.492 e. The molecule has 0 aliphatic carbocycles. The van der Waals surface area contributed by atoms with Crippen molar-refractivity contribution in [3.05, 3.63) is 65.1 Å². The van der Waals surface area contributed by atoms with Crippen LogP contribution < -0.4 is 9.47 Å². The van der Waals surface area contributed by atoms with Gasteiger partial charge in [0.25, 0.3) is 11.1 Å². The average molecular weight is 399 g/mol. The first-order valence-corrected chi connectivity index (χ1v) is 9.23. The van der Waals surface area contributed by atoms with Gasteiger partial charge in [-0.1, -0.05) is 36.4 Å². The molecule has 1 aliphatic heterocycles. The molecule has 1 heterocycles. The number of nitrogens with zero attached hydrogens (tertiary/aromatic N) is 1. The lowest BCUT2D eigenvalue weighted by atomic mass is 10.2. The van der Waals surface area contributed by atoms with Crippen molar-refractivity contribution in [2.45, 2.75) is 0 Å². The summed E-state index contributed by atoms with van der Waals surface area (Å²) in [5.74, 6) is -0.535. The van der Waals surface area contributed by atoms with Crippen LogP contribution in [0.1, 0.15) is 5.56 Å². The van der Waals surface area contributed by atoms with Gasteiger partial charge < -0.3 is 14.6 Å². The number of hydrogen-bond acceptors (Lipinski definition) is 6. The summed E-state index contributed by atoms with van der Waals surface area (Å²) in [6.45, 7) is -0.176. The smallest absolute Gasteiger partial charge is 0.341 e. The Hall–Kier alpha value is -3.26. The number of carbonyl (C=O) groups is 3. The lowest BCUT2D eigenvalue weighted by molar-refractivity contribution is -0.139. The molecule has 1 aliphatic rings. The minimum absolute atomic E-state index is 0.133. The van der Waals surface area contributed by atoms with Crippen molar-refractivity contribution in [1.29, 1.82) is 0 Å². The third kappa shape index (κ3) is 4.92. The Bertz CT molecular complexity index is 912. The van der Waals surface area contributed by atoms with Gasteiger partial charge in [0.1, 0.15) is 18.1 Å². The molecule has 0 bridgehead atoms. The number of amides is 2. The summed E-state index contributed by atoms with van der Waals surface area (Å²) in [5, 5.41) is 8.39. The van der Waals surface area contributed by atoms with Crippen molar-refractivity contribution in [3.8, 4) is 11.5 Å². The molecule has 2 aromatic rings. The van der Waals surface area contributed by atoms with Crippen molar-refractivity contribution in [3.63, 3.8) is 0 Å². The van der Waals surface area contributed by atoms with Gasteiger partial charge in [0.05, 0.1) is 11.4 Å². The highest BCUT2D eigenvalue weighted by Gasteiger charge is 2.35. The number of carbonyl (C=O) groups excluding carboxylic acids is 2. The molecule has 2 aromatic carbocycles. The van der Waals surface area contributed by atoms with E-state index in [2.05, 4.69) is 0 Å². The predicted molar refractivity (Wildman–Crippen MR) is 104 cm³/mol. The van der Waals surface area contributed by atoms with Crippen molar-refractivity contribution in [1.82, 2.24) is 4.90 Å². The van der Waals surface area contributed by atoms with Crippen molar-refractivity contribution < 1.29 is 29.0 Å². The Morgan fingerprint density at radius 2 is 1.75 bits per heavy atom. The van der Waals surface area contributed by atoms with Gasteiger partial charge >= 0.3 is 5.97 Å². The third-order valence-electron chi connectivity index (χ3n) is 3.76. The zero-order valence-corrected chi connectivity index (χ0v) is 15.6. The molecule has 0 atom stereocenters. The Labute approximate surface area is 165 Å². The molecule has 2 amide bonds. The summed E-state index contributed by atoms with van der Waals surface area (Å²) >= 11 is 0.827. The van der Waals surface area contributed by atoms with Gasteiger partial charge in [-0.05, 0) is 36.0 Å². The van der Waals surface area contributed by atoms with Crippen LogP contribution in [-0.4, -0.2) is 46.9 Å². The van der Waals surface area contributed by atoms with E-state index in [1.165, 1.54) is 6.08 Å². The van der Waals surface area contributed by atoms with Crippen molar-refractivity contribution >= 4 is 35.0 Å². The summed E-state index contributed by atoms with van der Waals surface area (Å²) in [6, 6.07) is 15.8. The predicted octanol–water partition coefficient (Wildman–Crippen LogP) is 3.27. The second kappa shape index (κ2) is 9.09. The summed E-state index contributed by atoms with van der Waals surface area (Å²) in [4.78, 5) is 36.8. The Kier molecular flexibility index (Phi) is 6.33. The Morgan fingerprint density at radius 1 is 1.04 bits per heavy atom. The van der Waals surface area contributed by atoms with E-state index in [-0.39, 0.29) is 23.3 Å². The Balaban J connectivity index is 1.67. The largest absolute Gasteiger partial charge is 0.492 e. The fourth-order valence-corrected chi connectivity index (χ4v) is 3.33. The minimum atomic E-state index is -1.10. The second-order valence-corrected chi connectivity index (χ2v) is 6.71. The van der Waals surface area contributed by atoms with Gasteiger partial charge in [-0.15, -0.1) is 0 Å². The lowest BCUT2D eigenvalue weighted by Crippen LogP contribution is -2.32. The number of thioether (sulfide) groups is 1. The van der Waals surface area contributed by atoms with Crippen molar-refractivity contribution in [2.24, 2.45) is 0 Å². The van der Waals surface area contributed by atoms with E-state index in [4.69, 9.17) is 14.6 Å². The van der Waals surface area contributed by atoms with Gasteiger partial charge in [0.15, 0.2) is 6.61 Å². The molecule has 0 saturated carbocycles. The van der Waals surface area contributed by atoms with Crippen LogP contribution in [0.15, 0.2) is 59.5 Å². The SMILES string of the molecule is O=C(O)COc1ccccc1/C=C1\SC(=O)N(CCOc2ccccc2)C1=O. The first kappa shape index (κ1) is 19.5. The van der Waals surface area contributed by atoms with Crippen LogP contribution in [0.2, 0.25) is 0 Å². The van der Waals surface area contributed by atoms with E-state index in [1.807, 2.05) is 18.2 Å². The van der Waals surface area contributed by atoms with Crippen LogP contribution in [0, 0.1) is 0 Å². The van der Waals surface area contributed by atoms with Crippen LogP contribution in [0.25, 0.3) is 6.08 Å². The molecule has 0 unspecified atom stereocenters. The molecule has 0 radical (unpaired) electrons. The first-order valence-electron chi connectivity index (χ1n) is 8.41.